The smallest absolute Gasteiger partial charge is 0.258 e. The summed E-state index contributed by atoms with van der Waals surface area (Å²) in [7, 11) is 0. The molecule has 0 aliphatic carbocycles. The van der Waals surface area contributed by atoms with E-state index in [9.17, 15) is 0 Å². The number of fused-ring (bicyclic) bond motifs is 8. The van der Waals surface area contributed by atoms with Gasteiger partial charge in [-0.1, -0.05) is 84.9 Å². The number of rotatable bonds is 4. The van der Waals surface area contributed by atoms with Crippen LogP contribution in [0, 0.1) is 0 Å². The zero-order chi connectivity index (χ0) is 39.3. The van der Waals surface area contributed by atoms with Gasteiger partial charge in [0.15, 0.2) is 0 Å². The maximum atomic E-state index is 5.89. The lowest BCUT2D eigenvalue weighted by Gasteiger charge is -2.45. The van der Waals surface area contributed by atoms with Gasteiger partial charge in [0.1, 0.15) is 29.1 Å². The number of pyridine rings is 5. The summed E-state index contributed by atoms with van der Waals surface area (Å²) in [5.41, 5.74) is 13.8. The van der Waals surface area contributed by atoms with Gasteiger partial charge in [0.05, 0.1) is 0 Å². The van der Waals surface area contributed by atoms with Crippen LogP contribution in [-0.4, -0.2) is 38.3 Å². The zero-order valence-corrected chi connectivity index (χ0v) is 32.1. The van der Waals surface area contributed by atoms with Crippen molar-refractivity contribution in [1.82, 2.24) is 24.9 Å². The van der Waals surface area contributed by atoms with Gasteiger partial charge in [-0.05, 0) is 106 Å². The maximum absolute atomic E-state index is 5.89. The molecule has 60 heavy (non-hydrogen) atoms. The van der Waals surface area contributed by atoms with Gasteiger partial charge in [-0.15, -0.1) is 0 Å². The monoisotopic (exact) mass is 767 g/mol. The minimum atomic E-state index is -0.210. The molecule has 4 aromatic carbocycles. The SMILES string of the molecule is c1ccc(N2c3ccncc3B3c4cc5c(nc4N(c4ccccc4)c4nccc2c43)N(c2ccccc2)c2ccnc3c2B5c2cccnc2N3c2ccccc2)cc1. The summed E-state index contributed by atoms with van der Waals surface area (Å²) in [6.45, 7) is -0.421. The molecule has 0 unspecified atom stereocenters. The van der Waals surface area contributed by atoms with Crippen molar-refractivity contribution in [2.75, 3.05) is 19.6 Å². The normalized spacial score (nSPS) is 13.8. The first-order valence-corrected chi connectivity index (χ1v) is 20.2. The van der Waals surface area contributed by atoms with Crippen LogP contribution >= 0.6 is 0 Å². The molecule has 0 radical (unpaired) electrons. The highest BCUT2D eigenvalue weighted by atomic mass is 15.3. The van der Waals surface area contributed by atoms with E-state index >= 15 is 0 Å². The van der Waals surface area contributed by atoms with Crippen molar-refractivity contribution in [3.8, 4) is 0 Å². The summed E-state index contributed by atoms with van der Waals surface area (Å²) in [6.07, 6.45) is 9.64. The number of hydrogen-bond acceptors (Lipinski definition) is 9. The van der Waals surface area contributed by atoms with Crippen LogP contribution in [0.5, 0.6) is 0 Å². The van der Waals surface area contributed by atoms with Crippen molar-refractivity contribution < 1.29 is 0 Å². The van der Waals surface area contributed by atoms with Gasteiger partial charge < -0.3 is 4.90 Å². The second-order valence-electron chi connectivity index (χ2n) is 15.3. The molecule has 11 heteroatoms. The van der Waals surface area contributed by atoms with Crippen molar-refractivity contribution in [2.24, 2.45) is 0 Å². The van der Waals surface area contributed by atoms with E-state index in [2.05, 4.69) is 165 Å². The van der Waals surface area contributed by atoms with Gasteiger partial charge in [0, 0.05) is 70.8 Å². The van der Waals surface area contributed by atoms with Crippen molar-refractivity contribution in [2.45, 2.75) is 0 Å². The summed E-state index contributed by atoms with van der Waals surface area (Å²) in [5, 5.41) is 0. The topological polar surface area (TPSA) is 77.4 Å². The Morgan fingerprint density at radius 1 is 0.333 bits per heavy atom. The molecule has 5 aromatic heterocycles. The second kappa shape index (κ2) is 12.7. The Kier molecular flexibility index (Phi) is 7.00. The molecule has 4 aliphatic heterocycles. The molecule has 13 rings (SSSR count). The fourth-order valence-corrected chi connectivity index (χ4v) is 9.90. The predicted octanol–water partition coefficient (Wildman–Crippen LogP) is 6.83. The highest BCUT2D eigenvalue weighted by molar-refractivity contribution is 7.02. The van der Waals surface area contributed by atoms with Crippen LogP contribution in [0.15, 0.2) is 189 Å². The van der Waals surface area contributed by atoms with Crippen molar-refractivity contribution in [3.63, 3.8) is 0 Å². The molecular formula is C49H31B2N9. The quantitative estimate of drug-likeness (QED) is 0.179. The second-order valence-corrected chi connectivity index (χ2v) is 15.3. The number of hydrogen-bond donors (Lipinski definition) is 0. The van der Waals surface area contributed by atoms with Crippen molar-refractivity contribution >= 4 is 115 Å². The summed E-state index contributed by atoms with van der Waals surface area (Å²) >= 11 is 0. The Hall–Kier alpha value is -8.04. The number of nitrogens with zero attached hydrogens (tertiary/aromatic N) is 9. The molecule has 9 heterocycles. The largest absolute Gasteiger partial charge is 0.311 e. The molecule has 0 fully saturated rings. The number of anilines is 12. The van der Waals surface area contributed by atoms with Crippen LogP contribution in [0.1, 0.15) is 0 Å². The van der Waals surface area contributed by atoms with Gasteiger partial charge in [0.25, 0.3) is 13.4 Å². The van der Waals surface area contributed by atoms with Crippen LogP contribution < -0.4 is 52.4 Å². The Balaban J connectivity index is 1.14. The first-order valence-electron chi connectivity index (χ1n) is 20.2. The fraction of sp³-hybridized carbons (Fsp3) is 0. The summed E-state index contributed by atoms with van der Waals surface area (Å²) < 4.78 is 0. The standard InChI is InChI=1S/C49H31B2N9/c1-5-14-32(15-6-1)57-40-23-27-52-31-39(40)51-38-30-37-46(56-47(38)60(35-20-11-4-12-21-35)49-43(51)41(57)24-28-55-49)58(33-16-7-2-8-17-33)42-25-29-54-48-44(42)50(37)36-22-13-26-53-45(36)59(48)34-18-9-3-10-19-34/h1-31H. The first kappa shape index (κ1) is 33.0. The Bertz CT molecular complexity index is 2950. The molecule has 9 nitrogen and oxygen atoms in total. The molecule has 0 N–H and O–H groups in total. The van der Waals surface area contributed by atoms with Gasteiger partial charge in [-0.25, -0.2) is 19.9 Å². The third-order valence-corrected chi connectivity index (χ3v) is 12.2. The number of para-hydroxylation sites is 4. The zero-order valence-electron chi connectivity index (χ0n) is 32.1. The van der Waals surface area contributed by atoms with E-state index in [4.69, 9.17) is 24.9 Å². The highest BCUT2D eigenvalue weighted by Gasteiger charge is 2.49. The molecule has 9 aromatic rings. The first-order chi connectivity index (χ1) is 29.8. The lowest BCUT2D eigenvalue weighted by molar-refractivity contribution is 1.10. The van der Waals surface area contributed by atoms with Crippen LogP contribution in [-0.2, 0) is 0 Å². The minimum absolute atomic E-state index is 0.210. The van der Waals surface area contributed by atoms with Crippen LogP contribution in [0.25, 0.3) is 0 Å². The highest BCUT2D eigenvalue weighted by Crippen LogP contribution is 2.45. The van der Waals surface area contributed by atoms with E-state index in [1.165, 1.54) is 0 Å². The van der Waals surface area contributed by atoms with Gasteiger partial charge in [-0.3, -0.25) is 19.7 Å². The van der Waals surface area contributed by atoms with E-state index in [1.807, 2.05) is 43.1 Å². The molecular weight excluding hydrogens is 736 g/mol. The van der Waals surface area contributed by atoms with Crippen LogP contribution in [0.2, 0.25) is 0 Å². The third kappa shape index (κ3) is 4.57. The molecule has 0 saturated carbocycles. The Morgan fingerprint density at radius 3 is 1.40 bits per heavy atom. The lowest BCUT2D eigenvalue weighted by atomic mass is 9.31. The van der Waals surface area contributed by atoms with Gasteiger partial charge >= 0.3 is 0 Å². The summed E-state index contributed by atoms with van der Waals surface area (Å²) in [4.78, 5) is 35.3. The van der Waals surface area contributed by atoms with E-state index in [-0.39, 0.29) is 13.4 Å². The van der Waals surface area contributed by atoms with Crippen molar-refractivity contribution in [1.29, 1.82) is 0 Å². The van der Waals surface area contributed by atoms with E-state index in [1.54, 1.807) is 0 Å². The van der Waals surface area contributed by atoms with E-state index in [0.717, 1.165) is 102 Å². The molecule has 0 atom stereocenters. The molecule has 4 aliphatic rings. The average molecular weight is 767 g/mol. The fourth-order valence-electron chi connectivity index (χ4n) is 9.90. The molecule has 0 saturated heterocycles. The average Bonchev–Trinajstić information content (AvgIpc) is 3.32. The van der Waals surface area contributed by atoms with E-state index in [0.29, 0.717) is 0 Å². The van der Waals surface area contributed by atoms with Gasteiger partial charge in [0.2, 0.25) is 0 Å². The summed E-state index contributed by atoms with van der Waals surface area (Å²) in [5.74, 6) is 4.24. The minimum Gasteiger partial charge on any atom is -0.311 e. The molecule has 0 amide bonds. The van der Waals surface area contributed by atoms with E-state index < -0.39 is 0 Å². The molecule has 0 spiro atoms. The van der Waals surface area contributed by atoms with Crippen LogP contribution in [0.4, 0.5) is 68.9 Å². The van der Waals surface area contributed by atoms with Crippen molar-refractivity contribution in [3.05, 3.63) is 189 Å². The molecule has 278 valence electrons. The predicted molar refractivity (Wildman–Crippen MR) is 243 cm³/mol. The Morgan fingerprint density at radius 2 is 0.800 bits per heavy atom. The van der Waals surface area contributed by atoms with Gasteiger partial charge in [-0.2, -0.15) is 0 Å². The maximum Gasteiger partial charge on any atom is 0.258 e. The lowest BCUT2D eigenvalue weighted by Crippen LogP contribution is -2.66. The number of benzene rings is 4. The Labute approximate surface area is 347 Å². The third-order valence-electron chi connectivity index (χ3n) is 12.2. The molecule has 0 bridgehead atoms. The number of aromatic nitrogens is 5. The van der Waals surface area contributed by atoms with Crippen LogP contribution in [0.3, 0.4) is 0 Å². The summed E-state index contributed by atoms with van der Waals surface area (Å²) in [6, 6.07) is 55.1.